The number of anilines is 2. The van der Waals surface area contributed by atoms with E-state index in [0.29, 0.717) is 5.75 Å². The maximum Gasteiger partial charge on any atom is 0.234 e. The molecule has 0 atom stereocenters. The molecule has 1 fully saturated rings. The van der Waals surface area contributed by atoms with Crippen LogP contribution >= 0.6 is 27.7 Å². The van der Waals surface area contributed by atoms with Gasteiger partial charge in [-0.2, -0.15) is 0 Å². The van der Waals surface area contributed by atoms with Crippen LogP contribution in [-0.2, 0) is 4.79 Å². The summed E-state index contributed by atoms with van der Waals surface area (Å²) in [6.45, 7) is 6.11. The van der Waals surface area contributed by atoms with E-state index in [0.717, 1.165) is 46.9 Å². The smallest absolute Gasteiger partial charge is 0.234 e. The Morgan fingerprint density at radius 1 is 1.15 bits per heavy atom. The highest BCUT2D eigenvalue weighted by Crippen LogP contribution is 2.28. The Morgan fingerprint density at radius 3 is 2.62 bits per heavy atom. The minimum absolute atomic E-state index is 0.0268. The Labute approximate surface area is 168 Å². The quantitative estimate of drug-likeness (QED) is 0.715. The Hall–Kier alpha value is -1.50. The maximum atomic E-state index is 12.5. The highest BCUT2D eigenvalue weighted by atomic mass is 79.9. The number of carbonyl (C=O) groups excluding carboxylic acids is 1. The second kappa shape index (κ2) is 8.93. The van der Waals surface area contributed by atoms with Gasteiger partial charge < -0.3 is 15.1 Å². The molecule has 1 saturated heterocycles. The summed E-state index contributed by atoms with van der Waals surface area (Å²) in [6.07, 6.45) is 0. The van der Waals surface area contributed by atoms with Crippen LogP contribution in [0.25, 0.3) is 0 Å². The van der Waals surface area contributed by atoms with Crippen LogP contribution in [0, 0.1) is 6.92 Å². The van der Waals surface area contributed by atoms with Crippen molar-refractivity contribution in [3.63, 3.8) is 0 Å². The number of halogens is 1. The van der Waals surface area contributed by atoms with Crippen LogP contribution in [0.2, 0.25) is 0 Å². The summed E-state index contributed by atoms with van der Waals surface area (Å²) < 4.78 is 1.06. The predicted molar refractivity (Wildman–Crippen MR) is 114 cm³/mol. The van der Waals surface area contributed by atoms with Crippen molar-refractivity contribution in [2.24, 2.45) is 0 Å². The van der Waals surface area contributed by atoms with Crippen molar-refractivity contribution in [3.8, 4) is 0 Å². The van der Waals surface area contributed by atoms with Gasteiger partial charge in [0.05, 0.1) is 17.1 Å². The first-order chi connectivity index (χ1) is 12.5. The first-order valence-electron chi connectivity index (χ1n) is 8.74. The second-order valence-corrected chi connectivity index (χ2v) is 8.49. The second-order valence-electron chi connectivity index (χ2n) is 6.55. The number of thioether (sulfide) groups is 1. The van der Waals surface area contributed by atoms with Crippen LogP contribution in [0.3, 0.4) is 0 Å². The van der Waals surface area contributed by atoms with Gasteiger partial charge in [0.1, 0.15) is 0 Å². The topological polar surface area (TPSA) is 35.6 Å². The van der Waals surface area contributed by atoms with Gasteiger partial charge in [-0.05, 0) is 49.9 Å². The molecule has 1 amide bonds. The molecule has 0 unspecified atom stereocenters. The van der Waals surface area contributed by atoms with E-state index in [2.05, 4.69) is 63.2 Å². The van der Waals surface area contributed by atoms with Crippen molar-refractivity contribution in [1.29, 1.82) is 0 Å². The van der Waals surface area contributed by atoms with Gasteiger partial charge in [0.25, 0.3) is 0 Å². The van der Waals surface area contributed by atoms with E-state index in [9.17, 15) is 4.79 Å². The van der Waals surface area contributed by atoms with Crippen molar-refractivity contribution >= 4 is 45.0 Å². The zero-order valence-corrected chi connectivity index (χ0v) is 17.6. The predicted octanol–water partition coefficient (Wildman–Crippen LogP) is 4.24. The van der Waals surface area contributed by atoms with Gasteiger partial charge >= 0.3 is 0 Å². The van der Waals surface area contributed by atoms with Gasteiger partial charge in [-0.25, -0.2) is 0 Å². The normalized spacial score (nSPS) is 15.1. The average molecular weight is 434 g/mol. The molecule has 26 heavy (non-hydrogen) atoms. The van der Waals surface area contributed by atoms with Crippen LogP contribution in [0.5, 0.6) is 0 Å². The van der Waals surface area contributed by atoms with E-state index >= 15 is 0 Å². The number of likely N-dealkylation sites (N-methyl/N-ethyl adjacent to an activating group) is 1. The monoisotopic (exact) mass is 433 g/mol. The number of para-hydroxylation sites is 2. The number of hydrogen-bond acceptors (Lipinski definition) is 4. The lowest BCUT2D eigenvalue weighted by Gasteiger charge is -2.35. The Bertz CT molecular complexity index is 775. The largest absolute Gasteiger partial charge is 0.367 e. The Morgan fingerprint density at radius 2 is 1.88 bits per heavy atom. The third kappa shape index (κ3) is 5.02. The van der Waals surface area contributed by atoms with Gasteiger partial charge in [-0.3, -0.25) is 4.79 Å². The fourth-order valence-corrected chi connectivity index (χ4v) is 4.29. The lowest BCUT2D eigenvalue weighted by atomic mass is 10.2. The van der Waals surface area contributed by atoms with E-state index in [1.807, 2.05) is 24.3 Å². The number of nitrogens with zero attached hydrogens (tertiary/aromatic N) is 2. The van der Waals surface area contributed by atoms with Gasteiger partial charge in [0.2, 0.25) is 5.91 Å². The minimum atomic E-state index is 0.0268. The molecule has 0 saturated carbocycles. The molecule has 1 aliphatic heterocycles. The SMILES string of the molecule is Cc1cc(Br)ccc1SCC(=O)Nc1ccccc1N1CCN(C)CC1. The molecule has 0 bridgehead atoms. The zero-order chi connectivity index (χ0) is 18.5. The van der Waals surface area contributed by atoms with Crippen molar-refractivity contribution in [2.45, 2.75) is 11.8 Å². The summed E-state index contributed by atoms with van der Waals surface area (Å²) in [5.74, 6) is 0.429. The van der Waals surface area contributed by atoms with Crippen molar-refractivity contribution in [3.05, 3.63) is 52.5 Å². The highest BCUT2D eigenvalue weighted by molar-refractivity contribution is 9.10. The lowest BCUT2D eigenvalue weighted by molar-refractivity contribution is -0.113. The molecule has 1 aliphatic rings. The molecular weight excluding hydrogens is 410 g/mol. The van der Waals surface area contributed by atoms with E-state index in [1.54, 1.807) is 11.8 Å². The van der Waals surface area contributed by atoms with Crippen molar-refractivity contribution in [2.75, 3.05) is 49.2 Å². The highest BCUT2D eigenvalue weighted by Gasteiger charge is 2.17. The molecule has 4 nitrogen and oxygen atoms in total. The van der Waals surface area contributed by atoms with Crippen LogP contribution < -0.4 is 10.2 Å². The number of benzene rings is 2. The number of carbonyl (C=O) groups is 1. The molecule has 3 rings (SSSR count). The third-order valence-electron chi connectivity index (χ3n) is 4.52. The molecule has 1 N–H and O–H groups in total. The minimum Gasteiger partial charge on any atom is -0.367 e. The summed E-state index contributed by atoms with van der Waals surface area (Å²) in [7, 11) is 2.15. The number of hydrogen-bond donors (Lipinski definition) is 1. The fraction of sp³-hybridized carbons (Fsp3) is 0.350. The lowest BCUT2D eigenvalue weighted by Crippen LogP contribution is -2.44. The molecule has 1 heterocycles. The summed E-state index contributed by atoms with van der Waals surface area (Å²) in [5.41, 5.74) is 3.18. The van der Waals surface area contributed by atoms with Gasteiger partial charge in [-0.1, -0.05) is 28.1 Å². The molecule has 0 radical (unpaired) electrons. The Balaban J connectivity index is 1.62. The van der Waals surface area contributed by atoms with Gasteiger partial charge in [0.15, 0.2) is 0 Å². The average Bonchev–Trinajstić information content (AvgIpc) is 2.62. The molecule has 6 heteroatoms. The fourth-order valence-electron chi connectivity index (χ4n) is 3.01. The zero-order valence-electron chi connectivity index (χ0n) is 15.2. The summed E-state index contributed by atoms with van der Waals surface area (Å²) >= 11 is 5.05. The summed E-state index contributed by atoms with van der Waals surface area (Å²) in [4.78, 5) is 18.3. The number of aryl methyl sites for hydroxylation is 1. The molecule has 0 aromatic heterocycles. The van der Waals surface area contributed by atoms with Crippen LogP contribution in [0.1, 0.15) is 5.56 Å². The first-order valence-corrected chi connectivity index (χ1v) is 10.5. The van der Waals surface area contributed by atoms with Gasteiger partial charge in [0, 0.05) is 35.5 Å². The van der Waals surface area contributed by atoms with Crippen molar-refractivity contribution in [1.82, 2.24) is 4.90 Å². The van der Waals surface area contributed by atoms with Crippen molar-refractivity contribution < 1.29 is 4.79 Å². The van der Waals surface area contributed by atoms with Crippen LogP contribution in [0.4, 0.5) is 11.4 Å². The summed E-state index contributed by atoms with van der Waals surface area (Å²) in [6, 6.07) is 14.2. The number of piperazine rings is 1. The molecule has 2 aromatic rings. The number of amides is 1. The van der Waals surface area contributed by atoms with E-state index in [1.165, 1.54) is 5.56 Å². The number of rotatable bonds is 5. The van der Waals surface area contributed by atoms with Gasteiger partial charge in [-0.15, -0.1) is 11.8 Å². The Kier molecular flexibility index (Phi) is 6.62. The molecule has 0 aliphatic carbocycles. The van der Waals surface area contributed by atoms with Crippen LogP contribution in [0.15, 0.2) is 51.8 Å². The van der Waals surface area contributed by atoms with E-state index in [4.69, 9.17) is 0 Å². The maximum absolute atomic E-state index is 12.5. The molecule has 138 valence electrons. The molecule has 0 spiro atoms. The third-order valence-corrected chi connectivity index (χ3v) is 6.19. The van der Waals surface area contributed by atoms with E-state index in [-0.39, 0.29) is 5.91 Å². The molecule has 2 aromatic carbocycles. The van der Waals surface area contributed by atoms with E-state index < -0.39 is 0 Å². The van der Waals surface area contributed by atoms with Crippen LogP contribution in [-0.4, -0.2) is 49.8 Å². The standard InChI is InChI=1S/C20H24BrN3OS/c1-15-13-16(21)7-8-19(15)26-14-20(25)22-17-5-3-4-6-18(17)24-11-9-23(2)10-12-24/h3-8,13H,9-12,14H2,1-2H3,(H,22,25). The number of nitrogens with one attached hydrogen (secondary N) is 1. The summed E-state index contributed by atoms with van der Waals surface area (Å²) in [5, 5.41) is 3.10. The molecular formula is C20H24BrN3OS. The first kappa shape index (κ1) is 19.3.